The summed E-state index contributed by atoms with van der Waals surface area (Å²) in [4.78, 5) is 0. The Hall–Kier alpha value is -0.120. The first-order valence-corrected chi connectivity index (χ1v) is 7.65. The lowest BCUT2D eigenvalue weighted by atomic mass is 9.58. The quantitative estimate of drug-likeness (QED) is 0.720. The van der Waals surface area contributed by atoms with Gasteiger partial charge in [-0.1, -0.05) is 27.7 Å². The minimum atomic E-state index is -0.262. The van der Waals surface area contributed by atoms with Crippen molar-refractivity contribution in [1.82, 2.24) is 5.32 Å². The van der Waals surface area contributed by atoms with Gasteiger partial charge in [0.25, 0.3) is 0 Å². The maximum Gasteiger partial charge on any atom is 0.0526 e. The summed E-state index contributed by atoms with van der Waals surface area (Å²) in [6.07, 6.45) is 3.99. The molecule has 0 radical (unpaired) electrons. The van der Waals surface area contributed by atoms with Crippen LogP contribution in [-0.4, -0.2) is 29.3 Å². The molecule has 0 aromatic rings. The minimum absolute atomic E-state index is 0.0134. The van der Waals surface area contributed by atoms with E-state index in [0.717, 1.165) is 19.3 Å². The van der Waals surface area contributed by atoms with Crippen LogP contribution in [0.3, 0.4) is 0 Å². The fourth-order valence-electron chi connectivity index (χ4n) is 4.71. The summed E-state index contributed by atoms with van der Waals surface area (Å²) < 4.78 is 0. The predicted octanol–water partition coefficient (Wildman–Crippen LogP) is 2.67. The van der Waals surface area contributed by atoms with Gasteiger partial charge in [-0.05, 0) is 50.4 Å². The zero-order chi connectivity index (χ0) is 14.9. The van der Waals surface area contributed by atoms with Crippen molar-refractivity contribution in [1.29, 1.82) is 0 Å². The molecule has 0 heterocycles. The van der Waals surface area contributed by atoms with Crippen molar-refractivity contribution in [2.24, 2.45) is 16.6 Å². The molecule has 0 amide bonds. The van der Waals surface area contributed by atoms with Crippen molar-refractivity contribution >= 4 is 0 Å². The largest absolute Gasteiger partial charge is 0.393 e. The normalized spacial score (nSPS) is 27.8. The Balaban J connectivity index is 2.84. The van der Waals surface area contributed by atoms with Crippen LogP contribution in [0.2, 0.25) is 0 Å². The third kappa shape index (κ3) is 5.05. The van der Waals surface area contributed by atoms with Gasteiger partial charge in [-0.3, -0.25) is 0 Å². The van der Waals surface area contributed by atoms with Crippen molar-refractivity contribution in [3.8, 4) is 0 Å². The Morgan fingerprint density at radius 1 is 1.05 bits per heavy atom. The molecular formula is C16H34N2O. The average Bonchev–Trinajstić information content (AvgIpc) is 2.10. The molecule has 2 unspecified atom stereocenters. The Kier molecular flexibility index (Phi) is 5.09. The van der Waals surface area contributed by atoms with E-state index in [1.807, 2.05) is 6.92 Å². The first-order valence-electron chi connectivity index (χ1n) is 7.65. The molecule has 0 aromatic carbocycles. The molecule has 114 valence electrons. The van der Waals surface area contributed by atoms with Crippen LogP contribution in [-0.2, 0) is 0 Å². The second-order valence-corrected chi connectivity index (χ2v) is 8.47. The number of nitrogens with two attached hydrogens (primary N) is 1. The lowest BCUT2D eigenvalue weighted by molar-refractivity contribution is 0.0238. The smallest absolute Gasteiger partial charge is 0.0526 e. The van der Waals surface area contributed by atoms with Crippen molar-refractivity contribution < 1.29 is 5.11 Å². The van der Waals surface area contributed by atoms with Gasteiger partial charge in [-0.25, -0.2) is 0 Å². The molecule has 1 rings (SSSR count). The molecular weight excluding hydrogens is 236 g/mol. The van der Waals surface area contributed by atoms with Crippen molar-refractivity contribution in [3.63, 3.8) is 0 Å². The first-order chi connectivity index (χ1) is 8.49. The minimum Gasteiger partial charge on any atom is -0.393 e. The highest BCUT2D eigenvalue weighted by molar-refractivity contribution is 5.04. The van der Waals surface area contributed by atoms with E-state index in [1.54, 1.807) is 0 Å². The van der Waals surface area contributed by atoms with Gasteiger partial charge in [0, 0.05) is 18.1 Å². The zero-order valence-corrected chi connectivity index (χ0v) is 13.7. The molecule has 2 atom stereocenters. The third-order valence-corrected chi connectivity index (χ3v) is 4.23. The summed E-state index contributed by atoms with van der Waals surface area (Å²) in [5, 5.41) is 13.3. The lowest BCUT2D eigenvalue weighted by Gasteiger charge is -2.53. The van der Waals surface area contributed by atoms with E-state index in [9.17, 15) is 5.11 Å². The Bertz CT molecular complexity index is 281. The van der Waals surface area contributed by atoms with Gasteiger partial charge in [0.15, 0.2) is 0 Å². The fourth-order valence-corrected chi connectivity index (χ4v) is 4.71. The molecule has 3 heteroatoms. The van der Waals surface area contributed by atoms with E-state index in [2.05, 4.69) is 39.9 Å². The highest BCUT2D eigenvalue weighted by atomic mass is 16.3. The third-order valence-electron chi connectivity index (χ3n) is 4.23. The molecule has 0 aromatic heterocycles. The molecule has 3 nitrogen and oxygen atoms in total. The maximum atomic E-state index is 9.54. The summed E-state index contributed by atoms with van der Waals surface area (Å²) in [5.41, 5.74) is 6.78. The van der Waals surface area contributed by atoms with Crippen molar-refractivity contribution in [2.75, 3.05) is 6.54 Å². The topological polar surface area (TPSA) is 58.3 Å². The van der Waals surface area contributed by atoms with Gasteiger partial charge in [-0.2, -0.15) is 0 Å². The van der Waals surface area contributed by atoms with Gasteiger partial charge < -0.3 is 16.2 Å². The van der Waals surface area contributed by atoms with Crippen LogP contribution in [0.15, 0.2) is 0 Å². The average molecular weight is 270 g/mol. The zero-order valence-electron chi connectivity index (χ0n) is 13.7. The summed E-state index contributed by atoms with van der Waals surface area (Å²) >= 11 is 0. The monoisotopic (exact) mass is 270 g/mol. The van der Waals surface area contributed by atoms with Gasteiger partial charge in [-0.15, -0.1) is 0 Å². The fraction of sp³-hybridized carbons (Fsp3) is 1.00. The maximum absolute atomic E-state index is 9.54. The van der Waals surface area contributed by atoms with Crippen LogP contribution in [0.5, 0.6) is 0 Å². The summed E-state index contributed by atoms with van der Waals surface area (Å²) in [6, 6.07) is 0.299. The van der Waals surface area contributed by atoms with E-state index in [0.29, 0.717) is 23.4 Å². The molecule has 0 spiro atoms. The van der Waals surface area contributed by atoms with Crippen LogP contribution >= 0.6 is 0 Å². The molecule has 0 aliphatic heterocycles. The van der Waals surface area contributed by atoms with Gasteiger partial charge in [0.2, 0.25) is 0 Å². The Morgan fingerprint density at radius 2 is 1.53 bits per heavy atom. The Labute approximate surface area is 119 Å². The molecule has 0 bridgehead atoms. The van der Waals surface area contributed by atoms with Crippen LogP contribution in [0, 0.1) is 10.8 Å². The SMILES string of the molecule is CC(O)CC(C)NC1(CN)CC(C)(C)CC(C)(C)C1. The van der Waals surface area contributed by atoms with Gasteiger partial charge in [0.1, 0.15) is 0 Å². The van der Waals surface area contributed by atoms with Crippen LogP contribution in [0.4, 0.5) is 0 Å². The molecule has 1 fully saturated rings. The van der Waals surface area contributed by atoms with Crippen molar-refractivity contribution in [2.45, 2.75) is 84.9 Å². The highest BCUT2D eigenvalue weighted by Gasteiger charge is 2.46. The molecule has 1 saturated carbocycles. The molecule has 1 aliphatic carbocycles. The lowest BCUT2D eigenvalue weighted by Crippen LogP contribution is -2.61. The predicted molar refractivity (Wildman–Crippen MR) is 82.1 cm³/mol. The number of aliphatic hydroxyl groups is 1. The molecule has 4 N–H and O–H groups in total. The second kappa shape index (κ2) is 5.71. The summed E-state index contributed by atoms with van der Waals surface area (Å²) in [7, 11) is 0. The van der Waals surface area contributed by atoms with E-state index >= 15 is 0 Å². The van der Waals surface area contributed by atoms with E-state index in [1.165, 1.54) is 6.42 Å². The first kappa shape index (κ1) is 16.9. The van der Waals surface area contributed by atoms with Crippen LogP contribution < -0.4 is 11.1 Å². The number of rotatable bonds is 5. The Morgan fingerprint density at radius 3 is 1.89 bits per heavy atom. The second-order valence-electron chi connectivity index (χ2n) is 8.47. The van der Waals surface area contributed by atoms with E-state index in [-0.39, 0.29) is 11.6 Å². The molecule has 19 heavy (non-hydrogen) atoms. The number of hydrogen-bond donors (Lipinski definition) is 3. The highest BCUT2D eigenvalue weighted by Crippen LogP contribution is 2.49. The van der Waals surface area contributed by atoms with E-state index < -0.39 is 0 Å². The van der Waals surface area contributed by atoms with Crippen molar-refractivity contribution in [3.05, 3.63) is 0 Å². The summed E-state index contributed by atoms with van der Waals surface area (Å²) in [5.74, 6) is 0. The molecule has 0 saturated heterocycles. The molecule has 1 aliphatic rings. The van der Waals surface area contributed by atoms with Crippen LogP contribution in [0.25, 0.3) is 0 Å². The van der Waals surface area contributed by atoms with Gasteiger partial charge in [0.05, 0.1) is 6.10 Å². The standard InChI is InChI=1S/C16H34N2O/c1-12(7-13(2)19)18-16(11-17)9-14(3,4)8-15(5,6)10-16/h12-13,18-19H,7-11,17H2,1-6H3. The number of nitrogens with one attached hydrogen (secondary N) is 1. The number of hydrogen-bond acceptors (Lipinski definition) is 3. The summed E-state index contributed by atoms with van der Waals surface area (Å²) in [6.45, 7) is 14.1. The number of aliphatic hydroxyl groups excluding tert-OH is 1. The van der Waals surface area contributed by atoms with Gasteiger partial charge >= 0.3 is 0 Å². The van der Waals surface area contributed by atoms with Crippen LogP contribution in [0.1, 0.15) is 67.2 Å². The van der Waals surface area contributed by atoms with E-state index in [4.69, 9.17) is 5.73 Å².